The van der Waals surface area contributed by atoms with Crippen molar-refractivity contribution in [2.24, 2.45) is 5.73 Å². The molecule has 0 aliphatic carbocycles. The molecule has 2 amide bonds. The Labute approximate surface area is 135 Å². The monoisotopic (exact) mass is 320 g/mol. The van der Waals surface area contributed by atoms with Gasteiger partial charge in [0, 0.05) is 10.8 Å². The Morgan fingerprint density at radius 3 is 2.38 bits per heavy atom. The number of nitrogens with two attached hydrogens (primary N) is 1. The summed E-state index contributed by atoms with van der Waals surface area (Å²) in [7, 11) is 0. The molecule has 2 aromatic heterocycles. The second kappa shape index (κ2) is 5.27. The van der Waals surface area contributed by atoms with Crippen molar-refractivity contribution in [3.63, 3.8) is 0 Å². The van der Waals surface area contributed by atoms with E-state index in [2.05, 4.69) is 5.32 Å². The quantitative estimate of drug-likeness (QED) is 0.603. The van der Waals surface area contributed by atoms with Crippen molar-refractivity contribution in [3.05, 3.63) is 66.1 Å². The fraction of sp³-hybridized carbons (Fsp3) is 0. The Bertz CT molecular complexity index is 1060. The lowest BCUT2D eigenvalue weighted by molar-refractivity contribution is 0.0977. The van der Waals surface area contributed by atoms with Crippen molar-refractivity contribution < 1.29 is 18.4 Å². The molecule has 2 aromatic carbocycles. The number of benzene rings is 2. The summed E-state index contributed by atoms with van der Waals surface area (Å²) in [5, 5.41) is 4.07. The average Bonchev–Trinajstić information content (AvgIpc) is 3.17. The molecule has 6 nitrogen and oxygen atoms in total. The molecule has 24 heavy (non-hydrogen) atoms. The van der Waals surface area contributed by atoms with E-state index in [4.69, 9.17) is 14.6 Å². The molecular weight excluding hydrogens is 308 g/mol. The van der Waals surface area contributed by atoms with E-state index >= 15 is 0 Å². The summed E-state index contributed by atoms with van der Waals surface area (Å²) in [5.41, 5.74) is 6.66. The number of primary amides is 1. The third-order valence-electron chi connectivity index (χ3n) is 3.71. The number of para-hydroxylation sites is 2. The standard InChI is InChI=1S/C18H12N2O4/c19-17(21)16-15(11-6-2-4-8-13(11)24-16)20-18(22)14-9-10-5-1-3-7-12(10)23-14/h1-9H,(H2,19,21)(H,20,22). The number of nitrogens with one attached hydrogen (secondary N) is 1. The second-order valence-electron chi connectivity index (χ2n) is 5.27. The van der Waals surface area contributed by atoms with Crippen LogP contribution in [0.25, 0.3) is 21.9 Å². The summed E-state index contributed by atoms with van der Waals surface area (Å²) < 4.78 is 11.0. The van der Waals surface area contributed by atoms with Crippen LogP contribution in [0.3, 0.4) is 0 Å². The molecular formula is C18H12N2O4. The fourth-order valence-electron chi connectivity index (χ4n) is 2.61. The van der Waals surface area contributed by atoms with Crippen LogP contribution in [0.1, 0.15) is 21.1 Å². The lowest BCUT2D eigenvalue weighted by Gasteiger charge is -2.02. The minimum atomic E-state index is -0.758. The topological polar surface area (TPSA) is 98.5 Å². The van der Waals surface area contributed by atoms with Crippen LogP contribution in [0.4, 0.5) is 5.69 Å². The van der Waals surface area contributed by atoms with Crippen molar-refractivity contribution in [1.82, 2.24) is 0 Å². The summed E-state index contributed by atoms with van der Waals surface area (Å²) in [5.74, 6) is -1.20. The first kappa shape index (κ1) is 14.1. The van der Waals surface area contributed by atoms with Gasteiger partial charge in [0.15, 0.2) is 5.76 Å². The number of hydrogen-bond donors (Lipinski definition) is 2. The highest BCUT2D eigenvalue weighted by Crippen LogP contribution is 2.31. The number of amides is 2. The van der Waals surface area contributed by atoms with Gasteiger partial charge in [0.05, 0.1) is 0 Å². The smallest absolute Gasteiger partial charge is 0.291 e. The maximum Gasteiger partial charge on any atom is 0.291 e. The van der Waals surface area contributed by atoms with Crippen molar-refractivity contribution in [2.75, 3.05) is 5.32 Å². The van der Waals surface area contributed by atoms with Gasteiger partial charge in [-0.3, -0.25) is 9.59 Å². The van der Waals surface area contributed by atoms with Gasteiger partial charge in [-0.15, -0.1) is 0 Å². The SMILES string of the molecule is NC(=O)c1oc2ccccc2c1NC(=O)c1cc2ccccc2o1. The van der Waals surface area contributed by atoms with Crippen molar-refractivity contribution in [3.8, 4) is 0 Å². The maximum absolute atomic E-state index is 12.5. The van der Waals surface area contributed by atoms with E-state index in [-0.39, 0.29) is 17.2 Å². The van der Waals surface area contributed by atoms with Crippen LogP contribution < -0.4 is 11.1 Å². The zero-order valence-corrected chi connectivity index (χ0v) is 12.4. The molecule has 0 saturated carbocycles. The molecule has 0 spiro atoms. The fourth-order valence-corrected chi connectivity index (χ4v) is 2.61. The molecule has 118 valence electrons. The molecule has 0 atom stereocenters. The third-order valence-corrected chi connectivity index (χ3v) is 3.71. The number of furan rings is 2. The van der Waals surface area contributed by atoms with Crippen molar-refractivity contribution >= 4 is 39.4 Å². The highest BCUT2D eigenvalue weighted by molar-refractivity contribution is 6.14. The number of fused-ring (bicyclic) bond motifs is 2. The first-order valence-electron chi connectivity index (χ1n) is 7.25. The molecule has 0 aliphatic heterocycles. The number of anilines is 1. The normalized spacial score (nSPS) is 11.0. The zero-order chi connectivity index (χ0) is 16.7. The van der Waals surface area contributed by atoms with Crippen LogP contribution in [-0.2, 0) is 0 Å². The highest BCUT2D eigenvalue weighted by atomic mass is 16.4. The Hall–Kier alpha value is -3.54. The van der Waals surface area contributed by atoms with Gasteiger partial charge in [0.2, 0.25) is 5.76 Å². The van der Waals surface area contributed by atoms with E-state index in [0.29, 0.717) is 16.6 Å². The largest absolute Gasteiger partial charge is 0.451 e. The average molecular weight is 320 g/mol. The van der Waals surface area contributed by atoms with Gasteiger partial charge < -0.3 is 19.9 Å². The summed E-state index contributed by atoms with van der Waals surface area (Å²) in [6.45, 7) is 0. The summed E-state index contributed by atoms with van der Waals surface area (Å²) >= 11 is 0. The molecule has 0 saturated heterocycles. The van der Waals surface area contributed by atoms with Crippen LogP contribution in [0.2, 0.25) is 0 Å². The van der Waals surface area contributed by atoms with Crippen LogP contribution in [0.15, 0.2) is 63.4 Å². The molecule has 4 aromatic rings. The van der Waals surface area contributed by atoms with E-state index in [1.807, 2.05) is 18.2 Å². The Balaban J connectivity index is 1.76. The summed E-state index contributed by atoms with van der Waals surface area (Å²) in [4.78, 5) is 24.1. The highest BCUT2D eigenvalue weighted by Gasteiger charge is 2.22. The van der Waals surface area contributed by atoms with Gasteiger partial charge in [0.1, 0.15) is 16.9 Å². The molecule has 2 heterocycles. The predicted molar refractivity (Wildman–Crippen MR) is 88.9 cm³/mol. The number of carbonyl (C=O) groups excluding carboxylic acids is 2. The molecule has 0 unspecified atom stereocenters. The van der Waals surface area contributed by atoms with Crippen LogP contribution >= 0.6 is 0 Å². The Kier molecular flexibility index (Phi) is 3.09. The molecule has 0 radical (unpaired) electrons. The van der Waals surface area contributed by atoms with Crippen LogP contribution in [-0.4, -0.2) is 11.8 Å². The molecule has 4 rings (SSSR count). The molecule has 3 N–H and O–H groups in total. The summed E-state index contributed by atoms with van der Waals surface area (Å²) in [6.07, 6.45) is 0. The first-order valence-corrected chi connectivity index (χ1v) is 7.25. The predicted octanol–water partition coefficient (Wildman–Crippen LogP) is 3.53. The van der Waals surface area contributed by atoms with Gasteiger partial charge in [-0.2, -0.15) is 0 Å². The van der Waals surface area contributed by atoms with E-state index in [1.165, 1.54) is 0 Å². The van der Waals surface area contributed by atoms with Gasteiger partial charge in [-0.1, -0.05) is 30.3 Å². The van der Waals surface area contributed by atoms with Crippen LogP contribution in [0.5, 0.6) is 0 Å². The number of carbonyl (C=O) groups is 2. The van der Waals surface area contributed by atoms with Gasteiger partial charge in [-0.25, -0.2) is 0 Å². The van der Waals surface area contributed by atoms with E-state index in [1.54, 1.807) is 36.4 Å². The molecule has 0 bridgehead atoms. The summed E-state index contributed by atoms with van der Waals surface area (Å²) in [6, 6.07) is 15.9. The van der Waals surface area contributed by atoms with Gasteiger partial charge in [0.25, 0.3) is 11.8 Å². The van der Waals surface area contributed by atoms with Crippen molar-refractivity contribution in [1.29, 1.82) is 0 Å². The van der Waals surface area contributed by atoms with E-state index < -0.39 is 11.8 Å². The minimum absolute atomic E-state index is 0.0966. The zero-order valence-electron chi connectivity index (χ0n) is 12.4. The molecule has 0 aliphatic rings. The van der Waals surface area contributed by atoms with Crippen LogP contribution in [0, 0.1) is 0 Å². The van der Waals surface area contributed by atoms with Gasteiger partial charge >= 0.3 is 0 Å². The number of hydrogen-bond acceptors (Lipinski definition) is 4. The third kappa shape index (κ3) is 2.21. The van der Waals surface area contributed by atoms with E-state index in [0.717, 1.165) is 5.39 Å². The van der Waals surface area contributed by atoms with E-state index in [9.17, 15) is 9.59 Å². The van der Waals surface area contributed by atoms with Gasteiger partial charge in [-0.05, 0) is 24.3 Å². The molecule has 6 heteroatoms. The molecule has 0 fully saturated rings. The Morgan fingerprint density at radius 1 is 0.917 bits per heavy atom. The second-order valence-corrected chi connectivity index (χ2v) is 5.27. The minimum Gasteiger partial charge on any atom is -0.451 e. The van der Waals surface area contributed by atoms with Crippen molar-refractivity contribution in [2.45, 2.75) is 0 Å². The lowest BCUT2D eigenvalue weighted by atomic mass is 10.2. The first-order chi connectivity index (χ1) is 11.6. The maximum atomic E-state index is 12.5. The number of rotatable bonds is 3. The lowest BCUT2D eigenvalue weighted by Crippen LogP contribution is -2.16. The Morgan fingerprint density at radius 2 is 1.62 bits per heavy atom.